The molecule has 0 spiro atoms. The van der Waals surface area contributed by atoms with Gasteiger partial charge in [-0.25, -0.2) is 0 Å². The molecule has 0 aliphatic heterocycles. The number of pyridine rings is 1. The average molecular weight is 408 g/mol. The fraction of sp³-hybridized carbons (Fsp3) is 0. The first-order valence-corrected chi connectivity index (χ1v) is 4.24. The zero-order valence-electron chi connectivity index (χ0n) is 6.53. The zero-order valence-corrected chi connectivity index (χ0v) is 13.7. The van der Waals surface area contributed by atoms with Gasteiger partial charge in [0.1, 0.15) is 0 Å². The maximum absolute atomic E-state index is 4.25. The van der Waals surface area contributed by atoms with E-state index in [1.54, 1.807) is 0 Å². The fourth-order valence-corrected chi connectivity index (χ4v) is 1.60. The molecule has 2 rings (SSSR count). The van der Waals surface area contributed by atoms with Gasteiger partial charge in [0.2, 0.25) is 0 Å². The Hall–Kier alpha value is 0.0845. The molecule has 0 unspecified atom stereocenters. The first kappa shape index (κ1) is 10.2. The van der Waals surface area contributed by atoms with E-state index in [1.165, 1.54) is 5.39 Å². The van der Waals surface area contributed by atoms with Crippen LogP contribution in [0.15, 0.2) is 36.5 Å². The van der Waals surface area contributed by atoms with Crippen LogP contribution in [0.4, 0.5) is 0 Å². The van der Waals surface area contributed by atoms with Crippen molar-refractivity contribution in [3.05, 3.63) is 36.5 Å². The molecule has 0 amide bonds. The van der Waals surface area contributed by atoms with E-state index >= 15 is 0 Å². The Kier molecular flexibility index (Phi) is 3.69. The van der Waals surface area contributed by atoms with Crippen LogP contribution in [0.3, 0.4) is 0 Å². The van der Waals surface area contributed by atoms with Crippen molar-refractivity contribution in [3.63, 3.8) is 0 Å². The fourth-order valence-electron chi connectivity index (χ4n) is 1.08. The van der Waals surface area contributed by atoms with Crippen LogP contribution < -0.4 is 4.46 Å². The van der Waals surface area contributed by atoms with E-state index in [4.69, 9.17) is 0 Å². The summed E-state index contributed by atoms with van der Waals surface area (Å²) < 4.78 is 1.11. The van der Waals surface area contributed by atoms with E-state index in [-0.39, 0.29) is 27.7 Å². The van der Waals surface area contributed by atoms with Gasteiger partial charge in [0.15, 0.2) is 0 Å². The van der Waals surface area contributed by atoms with Gasteiger partial charge < -0.3 is 0 Å². The third kappa shape index (κ3) is 1.87. The average Bonchev–Trinajstić information content (AvgIpc) is 2.06. The minimum atomic E-state index is 0. The van der Waals surface area contributed by atoms with Crippen LogP contribution in [0.5, 0.6) is 0 Å². The Morgan fingerprint density at radius 3 is 2.58 bits per heavy atom. The second-order valence-electron chi connectivity index (χ2n) is 2.33. The van der Waals surface area contributed by atoms with Gasteiger partial charge in [-0.2, -0.15) is 0 Å². The molecule has 1 aromatic carbocycles. The number of hydrogen-bond donors (Lipinski definition) is 0. The van der Waals surface area contributed by atoms with Gasteiger partial charge in [0, 0.05) is 27.7 Å². The number of para-hydroxylation sites is 1. The van der Waals surface area contributed by atoms with E-state index in [2.05, 4.69) is 33.1 Å². The molecule has 0 atom stereocenters. The molecule has 0 aliphatic carbocycles. The van der Waals surface area contributed by atoms with Crippen molar-refractivity contribution in [1.29, 1.82) is 0 Å². The van der Waals surface area contributed by atoms with Crippen LogP contribution in [0, 0.1) is 0 Å². The Labute approximate surface area is 99.9 Å². The van der Waals surface area contributed by atoms with Gasteiger partial charge in [0.05, 0.1) is 0 Å². The summed E-state index contributed by atoms with van der Waals surface area (Å²) in [5.41, 5.74) is 1.05. The molecule has 1 aromatic heterocycles. The van der Waals surface area contributed by atoms with E-state index < -0.39 is 0 Å². The van der Waals surface area contributed by atoms with Crippen LogP contribution in [-0.4, -0.2) is 21.0 Å². The van der Waals surface area contributed by atoms with Crippen LogP contribution in [0.1, 0.15) is 0 Å². The van der Waals surface area contributed by atoms with Crippen molar-refractivity contribution in [1.82, 2.24) is 4.98 Å². The summed E-state index contributed by atoms with van der Waals surface area (Å²) in [5, 5.41) is 1.18. The molecule has 0 fully saturated rings. The topological polar surface area (TPSA) is 12.9 Å². The predicted molar refractivity (Wildman–Crippen MR) is 47.1 cm³/mol. The monoisotopic (exact) mass is 410 g/mol. The summed E-state index contributed by atoms with van der Waals surface area (Å²) in [7, 11) is 0. The maximum atomic E-state index is 4.25. The quantitative estimate of drug-likeness (QED) is 0.595. The zero-order chi connectivity index (χ0) is 7.68. The van der Waals surface area contributed by atoms with Crippen LogP contribution in [0.2, 0.25) is 0 Å². The molecule has 0 N–H and O–H groups in total. The minimum absolute atomic E-state index is 0. The Morgan fingerprint density at radius 2 is 1.83 bits per heavy atom. The normalized spacial score (nSPS) is 9.33. The third-order valence-electron chi connectivity index (χ3n) is 1.60. The molecule has 1 radical (unpaired) electrons. The molecular weight excluding hydrogens is 402 g/mol. The molecule has 1 nitrogen and oxygen atoms in total. The molecular formula is C9H6HgNSe. The van der Waals surface area contributed by atoms with Crippen LogP contribution >= 0.6 is 0 Å². The number of fused-ring (bicyclic) bond motifs is 1. The molecule has 0 bridgehead atoms. The number of aromatic nitrogens is 1. The molecule has 0 saturated carbocycles. The second kappa shape index (κ2) is 4.36. The first-order chi connectivity index (χ1) is 5.38. The van der Waals surface area contributed by atoms with Gasteiger partial charge in [-0.15, -0.1) is 0 Å². The standard InChI is InChI=1S/C9H6NSe.Hg/c11-8-5-1-3-7-4-2-6-10-9(7)8;/h1-6H;. The summed E-state index contributed by atoms with van der Waals surface area (Å²) in [6.07, 6.45) is 1.81. The number of hydrogen-bond acceptors (Lipinski definition) is 1. The Morgan fingerprint density at radius 1 is 1.08 bits per heavy atom. The van der Waals surface area contributed by atoms with Crippen LogP contribution in [-0.2, 0) is 27.7 Å². The van der Waals surface area contributed by atoms with Crippen molar-refractivity contribution in [2.45, 2.75) is 0 Å². The van der Waals surface area contributed by atoms with Gasteiger partial charge >= 0.3 is 72.9 Å². The molecule has 1 heterocycles. The first-order valence-electron chi connectivity index (χ1n) is 3.39. The van der Waals surface area contributed by atoms with Crippen molar-refractivity contribution < 1.29 is 27.7 Å². The summed E-state index contributed by atoms with van der Waals surface area (Å²) in [6.45, 7) is 0. The van der Waals surface area contributed by atoms with Crippen molar-refractivity contribution >= 4 is 31.4 Å². The number of nitrogens with zero attached hydrogens (tertiary/aromatic N) is 1. The molecule has 3 heteroatoms. The summed E-state index contributed by atoms with van der Waals surface area (Å²) >= 11 is 2.98. The molecule has 2 aromatic rings. The van der Waals surface area contributed by atoms with Gasteiger partial charge in [0.25, 0.3) is 0 Å². The third-order valence-corrected chi connectivity index (χ3v) is 2.29. The second-order valence-corrected chi connectivity index (χ2v) is 3.25. The summed E-state index contributed by atoms with van der Waals surface area (Å²) in [5.74, 6) is 0. The number of benzene rings is 1. The molecule has 0 saturated heterocycles. The van der Waals surface area contributed by atoms with E-state index in [0.29, 0.717) is 0 Å². The van der Waals surface area contributed by atoms with E-state index in [9.17, 15) is 0 Å². The molecule has 0 aliphatic rings. The SMILES string of the molecule is [Hg].[Se]c1cccc2cccnc12. The van der Waals surface area contributed by atoms with Crippen molar-refractivity contribution in [2.75, 3.05) is 0 Å². The summed E-state index contributed by atoms with van der Waals surface area (Å²) in [4.78, 5) is 4.25. The van der Waals surface area contributed by atoms with E-state index in [1.807, 2.05) is 24.4 Å². The van der Waals surface area contributed by atoms with Crippen molar-refractivity contribution in [3.8, 4) is 0 Å². The predicted octanol–water partition coefficient (Wildman–Crippen LogP) is 1.03. The van der Waals surface area contributed by atoms with Crippen LogP contribution in [0.25, 0.3) is 10.9 Å². The van der Waals surface area contributed by atoms with Gasteiger partial charge in [-0.1, -0.05) is 0 Å². The van der Waals surface area contributed by atoms with Crippen molar-refractivity contribution in [2.24, 2.45) is 0 Å². The summed E-state index contributed by atoms with van der Waals surface area (Å²) in [6, 6.07) is 10.1. The number of rotatable bonds is 0. The van der Waals surface area contributed by atoms with Gasteiger partial charge in [-0.05, 0) is 0 Å². The Balaban J connectivity index is 0.000000720. The van der Waals surface area contributed by atoms with Gasteiger partial charge in [-0.3, -0.25) is 0 Å². The van der Waals surface area contributed by atoms with E-state index in [0.717, 1.165) is 9.98 Å². The Bertz CT molecular complexity index is 384. The molecule has 12 heavy (non-hydrogen) atoms. The molecule has 55 valence electrons.